The van der Waals surface area contributed by atoms with E-state index in [-0.39, 0.29) is 11.4 Å². The lowest BCUT2D eigenvalue weighted by molar-refractivity contribution is -0.119. The fraction of sp³-hybridized carbons (Fsp3) is 0.278. The third kappa shape index (κ3) is 4.21. The number of carbonyl (C=O) groups excluding carboxylic acids is 1. The van der Waals surface area contributed by atoms with Gasteiger partial charge in [-0.1, -0.05) is 23.2 Å². The first-order valence-electron chi connectivity index (χ1n) is 8.25. The number of benzene rings is 2. The maximum atomic E-state index is 12.9. The molecule has 1 atom stereocenters. The van der Waals surface area contributed by atoms with E-state index in [0.29, 0.717) is 34.3 Å². The summed E-state index contributed by atoms with van der Waals surface area (Å²) in [6.45, 7) is 0.284. The summed E-state index contributed by atoms with van der Waals surface area (Å²) in [5.41, 5.74) is 0.474. The maximum Gasteiger partial charge on any atom is 0.243 e. The standard InChI is InChI=1S/C18H18Cl2N2O4S/c1-26-17-9-6-13(11-15(17)20)21-18(23)16-3-2-10-22(16)27(24,25)14-7-4-12(19)5-8-14/h4-9,11,16H,2-3,10H2,1H3,(H,21,23)/t16-/m0/s1. The molecule has 1 fully saturated rings. The van der Waals surface area contributed by atoms with Crippen LogP contribution in [0.5, 0.6) is 5.75 Å². The lowest BCUT2D eigenvalue weighted by Gasteiger charge is -2.23. The summed E-state index contributed by atoms with van der Waals surface area (Å²) in [5.74, 6) is 0.0914. The van der Waals surface area contributed by atoms with Crippen molar-refractivity contribution in [3.8, 4) is 5.75 Å². The zero-order valence-corrected chi connectivity index (χ0v) is 16.8. The van der Waals surface area contributed by atoms with Gasteiger partial charge in [0.25, 0.3) is 0 Å². The van der Waals surface area contributed by atoms with Crippen LogP contribution in [0, 0.1) is 0 Å². The van der Waals surface area contributed by atoms with E-state index in [4.69, 9.17) is 27.9 Å². The van der Waals surface area contributed by atoms with E-state index in [1.165, 1.54) is 35.7 Å². The van der Waals surface area contributed by atoms with Gasteiger partial charge in [0.2, 0.25) is 15.9 Å². The number of ether oxygens (including phenoxy) is 1. The van der Waals surface area contributed by atoms with Gasteiger partial charge in [0.15, 0.2) is 0 Å². The van der Waals surface area contributed by atoms with E-state index < -0.39 is 22.0 Å². The van der Waals surface area contributed by atoms with Gasteiger partial charge in [-0.2, -0.15) is 4.31 Å². The smallest absolute Gasteiger partial charge is 0.243 e. The Kier molecular flexibility index (Phi) is 5.95. The van der Waals surface area contributed by atoms with Crippen LogP contribution in [0.15, 0.2) is 47.4 Å². The number of methoxy groups -OCH3 is 1. The monoisotopic (exact) mass is 428 g/mol. The quantitative estimate of drug-likeness (QED) is 0.785. The Morgan fingerprint density at radius 3 is 2.52 bits per heavy atom. The van der Waals surface area contributed by atoms with Gasteiger partial charge in [-0.25, -0.2) is 8.42 Å². The highest BCUT2D eigenvalue weighted by Crippen LogP contribution is 2.30. The molecule has 1 aliphatic rings. The molecule has 0 radical (unpaired) electrons. The Morgan fingerprint density at radius 1 is 1.19 bits per heavy atom. The number of amides is 1. The van der Waals surface area contributed by atoms with Crippen LogP contribution in [0.3, 0.4) is 0 Å². The second kappa shape index (κ2) is 8.06. The molecule has 0 unspecified atom stereocenters. The van der Waals surface area contributed by atoms with Gasteiger partial charge in [-0.15, -0.1) is 0 Å². The summed E-state index contributed by atoms with van der Waals surface area (Å²) in [7, 11) is -2.30. The summed E-state index contributed by atoms with van der Waals surface area (Å²) in [6.07, 6.45) is 1.05. The van der Waals surface area contributed by atoms with Crippen molar-refractivity contribution >= 4 is 44.8 Å². The van der Waals surface area contributed by atoms with Gasteiger partial charge < -0.3 is 10.1 Å². The van der Waals surface area contributed by atoms with Crippen molar-refractivity contribution in [3.63, 3.8) is 0 Å². The van der Waals surface area contributed by atoms with Crippen LogP contribution in [-0.4, -0.2) is 38.3 Å². The first-order chi connectivity index (χ1) is 12.8. The molecule has 1 amide bonds. The fourth-order valence-corrected chi connectivity index (χ4v) is 5.04. The van der Waals surface area contributed by atoms with Gasteiger partial charge in [-0.3, -0.25) is 4.79 Å². The molecule has 0 saturated carbocycles. The van der Waals surface area contributed by atoms with Crippen LogP contribution >= 0.6 is 23.2 Å². The Labute approximate surface area is 168 Å². The topological polar surface area (TPSA) is 75.7 Å². The molecule has 0 aliphatic carbocycles. The van der Waals surface area contributed by atoms with Crippen molar-refractivity contribution in [3.05, 3.63) is 52.5 Å². The summed E-state index contributed by atoms with van der Waals surface area (Å²) < 4.78 is 32.1. The molecule has 1 heterocycles. The molecule has 9 heteroatoms. The number of halogens is 2. The average molecular weight is 429 g/mol. The zero-order valence-electron chi connectivity index (χ0n) is 14.5. The van der Waals surface area contributed by atoms with Crippen molar-refractivity contribution < 1.29 is 17.9 Å². The van der Waals surface area contributed by atoms with Crippen molar-refractivity contribution in [2.24, 2.45) is 0 Å². The van der Waals surface area contributed by atoms with Gasteiger partial charge in [0.05, 0.1) is 17.0 Å². The average Bonchev–Trinajstić information content (AvgIpc) is 3.13. The number of carbonyl (C=O) groups is 1. The first-order valence-corrected chi connectivity index (χ1v) is 10.4. The maximum absolute atomic E-state index is 12.9. The molecule has 1 aliphatic heterocycles. The van der Waals surface area contributed by atoms with Crippen molar-refractivity contribution in [1.29, 1.82) is 0 Å². The van der Waals surface area contributed by atoms with Crippen LogP contribution in [0.1, 0.15) is 12.8 Å². The molecule has 2 aromatic carbocycles. The van der Waals surface area contributed by atoms with E-state index in [9.17, 15) is 13.2 Å². The van der Waals surface area contributed by atoms with Gasteiger partial charge in [-0.05, 0) is 55.3 Å². The number of hydrogen-bond donors (Lipinski definition) is 1. The normalized spacial score (nSPS) is 17.7. The summed E-state index contributed by atoms with van der Waals surface area (Å²) >= 11 is 11.9. The predicted octanol–water partition coefficient (Wildman–Crippen LogP) is 3.79. The van der Waals surface area contributed by atoms with Crippen molar-refractivity contribution in [2.45, 2.75) is 23.8 Å². The Morgan fingerprint density at radius 2 is 1.89 bits per heavy atom. The van der Waals surface area contributed by atoms with Crippen molar-refractivity contribution in [2.75, 3.05) is 19.0 Å². The third-order valence-corrected chi connectivity index (χ3v) is 6.82. The lowest BCUT2D eigenvalue weighted by Crippen LogP contribution is -2.43. The number of anilines is 1. The number of rotatable bonds is 5. The van der Waals surface area contributed by atoms with Gasteiger partial charge >= 0.3 is 0 Å². The van der Waals surface area contributed by atoms with Crippen LogP contribution in [0.2, 0.25) is 10.0 Å². The Balaban J connectivity index is 1.80. The van der Waals surface area contributed by atoms with E-state index in [1.54, 1.807) is 18.2 Å². The molecule has 0 bridgehead atoms. The SMILES string of the molecule is COc1ccc(NC(=O)[C@@H]2CCCN2S(=O)(=O)c2ccc(Cl)cc2)cc1Cl. The number of nitrogens with one attached hydrogen (secondary N) is 1. The van der Waals surface area contributed by atoms with E-state index in [2.05, 4.69) is 5.32 Å². The first kappa shape index (κ1) is 19.9. The van der Waals surface area contributed by atoms with Crippen LogP contribution in [0.25, 0.3) is 0 Å². The highest BCUT2D eigenvalue weighted by Gasteiger charge is 2.39. The minimum Gasteiger partial charge on any atom is -0.495 e. The zero-order chi connectivity index (χ0) is 19.6. The molecule has 2 aromatic rings. The predicted molar refractivity (Wildman–Crippen MR) is 105 cm³/mol. The Hall–Kier alpha value is -1.80. The molecule has 1 N–H and O–H groups in total. The van der Waals surface area contributed by atoms with E-state index in [1.807, 2.05) is 0 Å². The molecule has 1 saturated heterocycles. The second-order valence-corrected chi connectivity index (χ2v) is 8.80. The third-order valence-electron chi connectivity index (χ3n) is 4.35. The molecule has 6 nitrogen and oxygen atoms in total. The molecule has 0 spiro atoms. The van der Waals surface area contributed by atoms with Crippen LogP contribution < -0.4 is 10.1 Å². The number of hydrogen-bond acceptors (Lipinski definition) is 4. The number of nitrogens with zero attached hydrogens (tertiary/aromatic N) is 1. The summed E-state index contributed by atoms with van der Waals surface area (Å²) in [6, 6.07) is 9.96. The van der Waals surface area contributed by atoms with Gasteiger partial charge in [0, 0.05) is 17.3 Å². The minimum atomic E-state index is -3.79. The molecule has 144 valence electrons. The summed E-state index contributed by atoms with van der Waals surface area (Å²) in [4.78, 5) is 12.8. The molecule has 27 heavy (non-hydrogen) atoms. The lowest BCUT2D eigenvalue weighted by atomic mass is 10.2. The minimum absolute atomic E-state index is 0.110. The van der Waals surface area contributed by atoms with Crippen molar-refractivity contribution in [1.82, 2.24) is 4.31 Å². The largest absolute Gasteiger partial charge is 0.495 e. The van der Waals surface area contributed by atoms with Crippen LogP contribution in [-0.2, 0) is 14.8 Å². The molecular formula is C18H18Cl2N2O4S. The summed E-state index contributed by atoms with van der Waals surface area (Å²) in [5, 5.41) is 3.53. The van der Waals surface area contributed by atoms with E-state index >= 15 is 0 Å². The second-order valence-electron chi connectivity index (χ2n) is 6.07. The Bertz CT molecular complexity index is 948. The molecule has 0 aromatic heterocycles. The highest BCUT2D eigenvalue weighted by atomic mass is 35.5. The van der Waals surface area contributed by atoms with E-state index in [0.717, 1.165) is 0 Å². The highest BCUT2D eigenvalue weighted by molar-refractivity contribution is 7.89. The fourth-order valence-electron chi connectivity index (χ4n) is 3.00. The molecule has 3 rings (SSSR count). The van der Waals surface area contributed by atoms with Gasteiger partial charge in [0.1, 0.15) is 11.8 Å². The number of sulfonamides is 1. The van der Waals surface area contributed by atoms with Crippen LogP contribution in [0.4, 0.5) is 5.69 Å². The molecular weight excluding hydrogens is 411 g/mol.